The van der Waals surface area contributed by atoms with E-state index in [1.807, 2.05) is 4.90 Å². The van der Waals surface area contributed by atoms with Crippen molar-refractivity contribution in [3.8, 4) is 5.75 Å². The van der Waals surface area contributed by atoms with E-state index in [2.05, 4.69) is 11.8 Å². The SMILES string of the molecule is C[C@H]1CCCN(C2CCN(C(=O)COc3ccc(Cl)cc3)CC2)C1. The molecule has 0 radical (unpaired) electrons. The second-order valence-electron chi connectivity index (χ2n) is 7.10. The highest BCUT2D eigenvalue weighted by Gasteiger charge is 2.29. The van der Waals surface area contributed by atoms with Crippen molar-refractivity contribution in [1.82, 2.24) is 9.80 Å². The van der Waals surface area contributed by atoms with Gasteiger partial charge in [-0.15, -0.1) is 0 Å². The van der Waals surface area contributed by atoms with Crippen molar-refractivity contribution in [2.45, 2.75) is 38.6 Å². The molecule has 1 aromatic rings. The Kier molecular flexibility index (Phi) is 6.01. The van der Waals surface area contributed by atoms with Crippen molar-refractivity contribution in [3.63, 3.8) is 0 Å². The molecule has 0 aliphatic carbocycles. The maximum Gasteiger partial charge on any atom is 0.260 e. The molecule has 2 heterocycles. The van der Waals surface area contributed by atoms with Gasteiger partial charge in [-0.2, -0.15) is 0 Å². The van der Waals surface area contributed by atoms with Crippen LogP contribution in [-0.2, 0) is 4.79 Å². The van der Waals surface area contributed by atoms with Crippen LogP contribution in [0.4, 0.5) is 0 Å². The second-order valence-corrected chi connectivity index (χ2v) is 7.53. The molecular weight excluding hydrogens is 324 g/mol. The number of amides is 1. The first-order chi connectivity index (χ1) is 11.6. The summed E-state index contributed by atoms with van der Waals surface area (Å²) in [5.41, 5.74) is 0. The number of rotatable bonds is 4. The minimum Gasteiger partial charge on any atom is -0.484 e. The zero-order valence-corrected chi connectivity index (χ0v) is 15.2. The van der Waals surface area contributed by atoms with Gasteiger partial charge in [0.25, 0.3) is 5.91 Å². The molecule has 1 amide bonds. The number of carbonyl (C=O) groups is 1. The molecule has 24 heavy (non-hydrogen) atoms. The Balaban J connectivity index is 1.42. The molecule has 132 valence electrons. The third kappa shape index (κ3) is 4.64. The van der Waals surface area contributed by atoms with Crippen LogP contribution in [0.5, 0.6) is 5.75 Å². The zero-order valence-electron chi connectivity index (χ0n) is 14.4. The topological polar surface area (TPSA) is 32.8 Å². The fourth-order valence-electron chi connectivity index (χ4n) is 3.80. The number of nitrogens with zero attached hydrogens (tertiary/aromatic N) is 2. The van der Waals surface area contributed by atoms with Crippen LogP contribution < -0.4 is 4.74 Å². The first-order valence-electron chi connectivity index (χ1n) is 9.02. The lowest BCUT2D eigenvalue weighted by Crippen LogP contribution is -2.50. The maximum absolute atomic E-state index is 12.3. The lowest BCUT2D eigenvalue weighted by molar-refractivity contribution is -0.135. The van der Waals surface area contributed by atoms with E-state index in [-0.39, 0.29) is 12.5 Å². The van der Waals surface area contributed by atoms with Crippen molar-refractivity contribution in [3.05, 3.63) is 29.3 Å². The van der Waals surface area contributed by atoms with E-state index in [0.717, 1.165) is 31.8 Å². The van der Waals surface area contributed by atoms with E-state index in [9.17, 15) is 4.79 Å². The fraction of sp³-hybridized carbons (Fsp3) is 0.632. The second kappa shape index (κ2) is 8.21. The summed E-state index contributed by atoms with van der Waals surface area (Å²) in [5.74, 6) is 1.58. The summed E-state index contributed by atoms with van der Waals surface area (Å²) in [6, 6.07) is 7.77. The zero-order chi connectivity index (χ0) is 16.9. The van der Waals surface area contributed by atoms with Gasteiger partial charge in [0.2, 0.25) is 0 Å². The quantitative estimate of drug-likeness (QED) is 0.833. The maximum atomic E-state index is 12.3. The predicted molar refractivity (Wildman–Crippen MR) is 96.5 cm³/mol. The van der Waals surface area contributed by atoms with Crippen molar-refractivity contribution in [1.29, 1.82) is 0 Å². The predicted octanol–water partition coefficient (Wildman–Crippen LogP) is 3.44. The number of hydrogen-bond acceptors (Lipinski definition) is 3. The first-order valence-corrected chi connectivity index (χ1v) is 9.40. The van der Waals surface area contributed by atoms with Gasteiger partial charge in [0.15, 0.2) is 6.61 Å². The van der Waals surface area contributed by atoms with Gasteiger partial charge >= 0.3 is 0 Å². The highest BCUT2D eigenvalue weighted by molar-refractivity contribution is 6.30. The fourth-order valence-corrected chi connectivity index (χ4v) is 3.93. The van der Waals surface area contributed by atoms with Gasteiger partial charge in [-0.1, -0.05) is 18.5 Å². The minimum absolute atomic E-state index is 0.0791. The Morgan fingerprint density at radius 2 is 1.88 bits per heavy atom. The summed E-state index contributed by atoms with van der Waals surface area (Å²) in [4.78, 5) is 16.9. The molecule has 1 atom stereocenters. The summed E-state index contributed by atoms with van der Waals surface area (Å²) in [6.07, 6.45) is 4.84. The summed E-state index contributed by atoms with van der Waals surface area (Å²) < 4.78 is 5.57. The van der Waals surface area contributed by atoms with Gasteiger partial charge in [-0.05, 0) is 62.4 Å². The number of likely N-dealkylation sites (tertiary alicyclic amines) is 2. The van der Waals surface area contributed by atoms with Gasteiger partial charge < -0.3 is 9.64 Å². The number of hydrogen-bond donors (Lipinski definition) is 0. The Morgan fingerprint density at radius 1 is 1.17 bits per heavy atom. The average Bonchev–Trinajstić information content (AvgIpc) is 2.61. The molecule has 4 nitrogen and oxygen atoms in total. The average molecular weight is 351 g/mol. The van der Waals surface area contributed by atoms with Crippen molar-refractivity contribution >= 4 is 17.5 Å². The number of halogens is 1. The molecule has 2 saturated heterocycles. The lowest BCUT2D eigenvalue weighted by Gasteiger charge is -2.41. The lowest BCUT2D eigenvalue weighted by atomic mass is 9.95. The van der Waals surface area contributed by atoms with E-state index in [4.69, 9.17) is 16.3 Å². The van der Waals surface area contributed by atoms with Crippen molar-refractivity contribution < 1.29 is 9.53 Å². The molecule has 0 N–H and O–H groups in total. The molecular formula is C19H27ClN2O2. The molecule has 3 rings (SSSR count). The van der Waals surface area contributed by atoms with Gasteiger partial charge in [0, 0.05) is 30.7 Å². The van der Waals surface area contributed by atoms with Gasteiger partial charge in [-0.25, -0.2) is 0 Å². The molecule has 1 aromatic carbocycles. The standard InChI is InChI=1S/C19H27ClN2O2/c1-15-3-2-10-22(13-15)17-8-11-21(12-9-17)19(23)14-24-18-6-4-16(20)5-7-18/h4-7,15,17H,2-3,8-14H2,1H3/t15-/m0/s1. The van der Waals surface area contributed by atoms with Crippen LogP contribution in [-0.4, -0.2) is 54.5 Å². The number of piperidine rings is 2. The number of ether oxygens (including phenoxy) is 1. The summed E-state index contributed by atoms with van der Waals surface area (Å²) in [5, 5.41) is 0.669. The molecule has 0 unspecified atom stereocenters. The summed E-state index contributed by atoms with van der Waals surface area (Å²) in [6.45, 7) is 6.59. The summed E-state index contributed by atoms with van der Waals surface area (Å²) in [7, 11) is 0. The number of benzene rings is 1. The molecule has 2 fully saturated rings. The van der Waals surface area contributed by atoms with E-state index in [1.54, 1.807) is 24.3 Å². The molecule has 0 bridgehead atoms. The van der Waals surface area contributed by atoms with Crippen LogP contribution in [0.15, 0.2) is 24.3 Å². The van der Waals surface area contributed by atoms with Crippen LogP contribution >= 0.6 is 11.6 Å². The molecule has 2 aliphatic heterocycles. The van der Waals surface area contributed by atoms with Crippen LogP contribution in [0.1, 0.15) is 32.6 Å². The van der Waals surface area contributed by atoms with E-state index in [0.29, 0.717) is 16.8 Å². The van der Waals surface area contributed by atoms with Crippen LogP contribution in [0.25, 0.3) is 0 Å². The third-order valence-corrected chi connectivity index (χ3v) is 5.45. The smallest absolute Gasteiger partial charge is 0.260 e. The largest absolute Gasteiger partial charge is 0.484 e. The van der Waals surface area contributed by atoms with Gasteiger partial charge in [-0.3, -0.25) is 9.69 Å². The van der Waals surface area contributed by atoms with E-state index >= 15 is 0 Å². The van der Waals surface area contributed by atoms with Crippen molar-refractivity contribution in [2.24, 2.45) is 5.92 Å². The highest BCUT2D eigenvalue weighted by atomic mass is 35.5. The Hall–Kier alpha value is -1.26. The highest BCUT2D eigenvalue weighted by Crippen LogP contribution is 2.23. The van der Waals surface area contributed by atoms with Crippen LogP contribution in [0.2, 0.25) is 5.02 Å². The monoisotopic (exact) mass is 350 g/mol. The summed E-state index contributed by atoms with van der Waals surface area (Å²) >= 11 is 5.85. The van der Waals surface area contributed by atoms with Crippen LogP contribution in [0, 0.1) is 5.92 Å². The van der Waals surface area contributed by atoms with Crippen LogP contribution in [0.3, 0.4) is 0 Å². The molecule has 2 aliphatic rings. The molecule has 0 saturated carbocycles. The van der Waals surface area contributed by atoms with Gasteiger partial charge in [0.05, 0.1) is 0 Å². The number of carbonyl (C=O) groups excluding carboxylic acids is 1. The Morgan fingerprint density at radius 3 is 2.54 bits per heavy atom. The Labute approximate surface area is 149 Å². The van der Waals surface area contributed by atoms with Gasteiger partial charge in [0.1, 0.15) is 5.75 Å². The Bertz CT molecular complexity index is 541. The molecule has 0 aromatic heterocycles. The minimum atomic E-state index is 0.0791. The normalized spacial score (nSPS) is 23.2. The van der Waals surface area contributed by atoms with E-state index < -0.39 is 0 Å². The molecule has 0 spiro atoms. The first kappa shape index (κ1) is 17.6. The van der Waals surface area contributed by atoms with Crippen molar-refractivity contribution in [2.75, 3.05) is 32.8 Å². The third-order valence-electron chi connectivity index (χ3n) is 5.20. The van der Waals surface area contributed by atoms with E-state index in [1.165, 1.54) is 25.9 Å². The molecule has 5 heteroatoms.